The Morgan fingerprint density at radius 2 is 1.56 bits per heavy atom. The van der Waals surface area contributed by atoms with Crippen LogP contribution in [0, 0.1) is 5.92 Å². The van der Waals surface area contributed by atoms with Gasteiger partial charge in [0, 0.05) is 34.4 Å². The zero-order chi connectivity index (χ0) is 32.1. The van der Waals surface area contributed by atoms with Crippen LogP contribution >= 0.6 is 11.8 Å². The molecule has 1 saturated carbocycles. The molecule has 236 valence electrons. The average Bonchev–Trinajstić information content (AvgIpc) is 3.10. The smallest absolute Gasteiger partial charge is 0.338 e. The summed E-state index contributed by atoms with van der Waals surface area (Å²) < 4.78 is 10.8. The molecule has 1 N–H and O–H groups in total. The number of benzene rings is 3. The number of methoxy groups -OCH3 is 1. The number of oxime groups is 1. The molecule has 0 saturated heterocycles. The lowest BCUT2D eigenvalue weighted by molar-refractivity contribution is -0.149. The minimum absolute atomic E-state index is 0.165. The fourth-order valence-electron chi connectivity index (χ4n) is 5.28. The van der Waals surface area contributed by atoms with Gasteiger partial charge >= 0.3 is 5.97 Å². The van der Waals surface area contributed by atoms with E-state index in [4.69, 9.17) is 14.3 Å². The van der Waals surface area contributed by atoms with E-state index in [1.54, 1.807) is 48.5 Å². The molecule has 0 bridgehead atoms. The molecule has 1 aliphatic rings. The molecule has 0 aliphatic heterocycles. The molecule has 0 spiro atoms. The molecule has 4 rings (SSSR count). The van der Waals surface area contributed by atoms with Crippen molar-refractivity contribution < 1.29 is 33.8 Å². The number of Topliss-reactive ketones (excluding diaryl/α,β-unsaturated/α-hetero) is 2. The Labute approximate surface area is 268 Å². The number of ether oxygens (including phenoxy) is 2. The van der Waals surface area contributed by atoms with Crippen LogP contribution in [0.5, 0.6) is 0 Å². The standard InChI is InChI=1S/C36H39NO7S/c1-3-43-24-10-15-32(37-44-35(41)28-11-6-4-7-12-28)33(39)26-16-20-30(21-17-26)45-31-22-18-27(19-23-31)34(40)36(25-38,42-2)29-13-8-5-9-14-29/h3,5,8-9,13-14,16-23,28,38H,1,4,6-7,10-12,15,24-25H2,2H3/b37-32+. The molecule has 1 fully saturated rings. The summed E-state index contributed by atoms with van der Waals surface area (Å²) >= 11 is 1.47. The van der Waals surface area contributed by atoms with E-state index in [1.807, 2.05) is 30.3 Å². The minimum Gasteiger partial charge on any atom is -0.502 e. The lowest BCUT2D eigenvalue weighted by Crippen LogP contribution is -2.41. The second-order valence-electron chi connectivity index (χ2n) is 10.8. The predicted molar refractivity (Wildman–Crippen MR) is 173 cm³/mol. The Bertz CT molecular complexity index is 1460. The largest absolute Gasteiger partial charge is 0.502 e. The van der Waals surface area contributed by atoms with Crippen molar-refractivity contribution in [1.29, 1.82) is 0 Å². The van der Waals surface area contributed by atoms with E-state index >= 15 is 0 Å². The molecule has 9 heteroatoms. The maximum absolute atomic E-state index is 13.4. The topological polar surface area (TPSA) is 111 Å². The van der Waals surface area contributed by atoms with Crippen LogP contribution in [0.2, 0.25) is 0 Å². The van der Waals surface area contributed by atoms with Crippen LogP contribution in [0.4, 0.5) is 0 Å². The number of carbonyl (C=O) groups is 3. The van der Waals surface area contributed by atoms with E-state index in [2.05, 4.69) is 11.7 Å². The Balaban J connectivity index is 1.43. The maximum Gasteiger partial charge on any atom is 0.338 e. The summed E-state index contributed by atoms with van der Waals surface area (Å²) in [7, 11) is 1.41. The van der Waals surface area contributed by atoms with Crippen molar-refractivity contribution in [2.24, 2.45) is 11.1 Å². The first kappa shape index (κ1) is 33.8. The van der Waals surface area contributed by atoms with E-state index in [1.165, 1.54) is 25.1 Å². The second kappa shape index (κ2) is 16.9. The van der Waals surface area contributed by atoms with Gasteiger partial charge in [0.15, 0.2) is 5.60 Å². The molecule has 0 radical (unpaired) electrons. The minimum atomic E-state index is -1.49. The zero-order valence-electron chi connectivity index (χ0n) is 25.5. The number of aliphatic hydroxyl groups is 1. The highest BCUT2D eigenvalue weighted by atomic mass is 32.2. The third-order valence-corrected chi connectivity index (χ3v) is 8.90. The zero-order valence-corrected chi connectivity index (χ0v) is 26.3. The van der Waals surface area contributed by atoms with Gasteiger partial charge in [-0.3, -0.25) is 9.59 Å². The highest BCUT2D eigenvalue weighted by Crippen LogP contribution is 2.32. The average molecular weight is 630 g/mol. The normalized spacial score (nSPS) is 15.1. The SMILES string of the molecule is C=COCCC/C(=N\OC(=O)C1CCCCC1)C(=O)c1ccc(Sc2ccc(C(=O)C(CO)(OC)c3ccccc3)cc2)cc1. The monoisotopic (exact) mass is 629 g/mol. The number of ketones is 2. The molecule has 8 nitrogen and oxygen atoms in total. The van der Waals surface area contributed by atoms with E-state index in [9.17, 15) is 19.5 Å². The van der Waals surface area contributed by atoms with Gasteiger partial charge in [-0.25, -0.2) is 4.79 Å². The first-order valence-corrected chi connectivity index (χ1v) is 15.9. The first-order valence-electron chi connectivity index (χ1n) is 15.1. The molecular weight excluding hydrogens is 590 g/mol. The van der Waals surface area contributed by atoms with Crippen molar-refractivity contribution >= 4 is 35.0 Å². The highest BCUT2D eigenvalue weighted by molar-refractivity contribution is 7.99. The lowest BCUT2D eigenvalue weighted by Gasteiger charge is -2.29. The quantitative estimate of drug-likeness (QED) is 0.0444. The maximum atomic E-state index is 13.4. The number of hydrogen-bond donors (Lipinski definition) is 1. The van der Waals surface area contributed by atoms with Gasteiger partial charge < -0.3 is 19.4 Å². The van der Waals surface area contributed by atoms with Gasteiger partial charge in [0.2, 0.25) is 11.6 Å². The van der Waals surface area contributed by atoms with Crippen LogP contribution in [0.1, 0.15) is 71.2 Å². The number of aliphatic hydroxyl groups excluding tert-OH is 1. The van der Waals surface area contributed by atoms with Gasteiger partial charge in [0.05, 0.1) is 25.4 Å². The molecule has 0 amide bonds. The summed E-state index contributed by atoms with van der Waals surface area (Å²) in [6.45, 7) is 3.40. The van der Waals surface area contributed by atoms with E-state index in [0.29, 0.717) is 29.7 Å². The molecule has 3 aromatic rings. The van der Waals surface area contributed by atoms with E-state index in [0.717, 1.165) is 41.9 Å². The van der Waals surface area contributed by atoms with Gasteiger partial charge in [-0.15, -0.1) is 0 Å². The Morgan fingerprint density at radius 3 is 2.13 bits per heavy atom. The summed E-state index contributed by atoms with van der Waals surface area (Å²) in [6, 6.07) is 23.1. The molecule has 3 aromatic carbocycles. The first-order chi connectivity index (χ1) is 21.9. The number of rotatable bonds is 16. The van der Waals surface area contributed by atoms with Gasteiger partial charge in [-0.1, -0.05) is 85.2 Å². The number of nitrogens with zero attached hydrogens (tertiary/aromatic N) is 1. The highest BCUT2D eigenvalue weighted by Gasteiger charge is 2.40. The van der Waals surface area contributed by atoms with Gasteiger partial charge in [-0.05, 0) is 61.2 Å². The van der Waals surface area contributed by atoms with Crippen LogP contribution in [0.3, 0.4) is 0 Å². The Kier molecular flexibility index (Phi) is 12.7. The molecule has 45 heavy (non-hydrogen) atoms. The molecule has 0 aromatic heterocycles. The Hall–Kier alpha value is -4.05. The Morgan fingerprint density at radius 1 is 0.933 bits per heavy atom. The van der Waals surface area contributed by atoms with Crippen molar-refractivity contribution in [2.75, 3.05) is 20.3 Å². The van der Waals surface area contributed by atoms with Crippen molar-refractivity contribution in [3.05, 3.63) is 108 Å². The van der Waals surface area contributed by atoms with Crippen LogP contribution in [0.25, 0.3) is 0 Å². The fraction of sp³-hybridized carbons (Fsp3) is 0.333. The van der Waals surface area contributed by atoms with Crippen LogP contribution in [-0.4, -0.2) is 48.7 Å². The van der Waals surface area contributed by atoms with E-state index in [-0.39, 0.29) is 35.6 Å². The van der Waals surface area contributed by atoms with Gasteiger partial charge in [-0.2, -0.15) is 0 Å². The van der Waals surface area contributed by atoms with Gasteiger partial charge in [0.25, 0.3) is 0 Å². The third kappa shape index (κ3) is 8.78. The molecule has 1 aliphatic carbocycles. The van der Waals surface area contributed by atoms with Crippen LogP contribution in [-0.2, 0) is 24.7 Å². The van der Waals surface area contributed by atoms with Crippen molar-refractivity contribution in [3.63, 3.8) is 0 Å². The van der Waals surface area contributed by atoms with Crippen molar-refractivity contribution in [3.8, 4) is 0 Å². The molecule has 1 atom stereocenters. The van der Waals surface area contributed by atoms with Crippen molar-refractivity contribution in [2.45, 2.75) is 60.3 Å². The summed E-state index contributed by atoms with van der Waals surface area (Å²) in [4.78, 5) is 46.4. The predicted octanol–water partition coefficient (Wildman–Crippen LogP) is 7.16. The molecule has 0 heterocycles. The number of hydrogen-bond acceptors (Lipinski definition) is 9. The summed E-state index contributed by atoms with van der Waals surface area (Å²) in [5, 5.41) is 14.2. The molecule has 1 unspecified atom stereocenters. The van der Waals surface area contributed by atoms with Crippen molar-refractivity contribution in [1.82, 2.24) is 0 Å². The summed E-state index contributed by atoms with van der Waals surface area (Å²) in [6.07, 6.45) is 6.82. The lowest BCUT2D eigenvalue weighted by atomic mass is 9.86. The second-order valence-corrected chi connectivity index (χ2v) is 11.9. The fourth-order valence-corrected chi connectivity index (χ4v) is 6.10. The van der Waals surface area contributed by atoms with E-state index < -0.39 is 12.2 Å². The summed E-state index contributed by atoms with van der Waals surface area (Å²) in [5.41, 5.74) is 0.0902. The third-order valence-electron chi connectivity index (χ3n) is 7.89. The van der Waals surface area contributed by atoms with Gasteiger partial charge in [0.1, 0.15) is 5.71 Å². The summed E-state index contributed by atoms with van der Waals surface area (Å²) in [5.74, 6) is -1.21. The van der Waals surface area contributed by atoms with Crippen LogP contribution < -0.4 is 0 Å². The number of carbonyl (C=O) groups excluding carboxylic acids is 3. The van der Waals surface area contributed by atoms with Crippen LogP contribution in [0.15, 0.2) is 107 Å². The molecular formula is C36H39NO7S.